The lowest BCUT2D eigenvalue weighted by Crippen LogP contribution is -2.40. The van der Waals surface area contributed by atoms with Gasteiger partial charge in [0.1, 0.15) is 0 Å². The number of carbonyl (C=O) groups is 1. The molecule has 1 amide bonds. The van der Waals surface area contributed by atoms with E-state index in [2.05, 4.69) is 5.32 Å². The summed E-state index contributed by atoms with van der Waals surface area (Å²) in [5.74, 6) is -0.261. The van der Waals surface area contributed by atoms with Gasteiger partial charge in [-0.15, -0.1) is 0 Å². The van der Waals surface area contributed by atoms with Crippen LogP contribution in [-0.4, -0.2) is 51.5 Å². The molecule has 0 aliphatic carbocycles. The number of amides is 1. The second kappa shape index (κ2) is 8.86. The van der Waals surface area contributed by atoms with E-state index in [1.54, 1.807) is 19.1 Å². The van der Waals surface area contributed by atoms with Gasteiger partial charge in [0.15, 0.2) is 0 Å². The molecule has 1 heterocycles. The van der Waals surface area contributed by atoms with Gasteiger partial charge in [-0.1, -0.05) is 35.9 Å². The summed E-state index contributed by atoms with van der Waals surface area (Å²) in [6.07, 6.45) is 0.719. The number of carbonyl (C=O) groups excluding carboxylic acids is 1. The third-order valence-electron chi connectivity index (χ3n) is 4.88. The first-order valence-electron chi connectivity index (χ1n) is 9.40. The number of morpholine rings is 1. The van der Waals surface area contributed by atoms with E-state index in [1.165, 1.54) is 15.9 Å². The molecule has 0 atom stereocenters. The van der Waals surface area contributed by atoms with Gasteiger partial charge in [0.25, 0.3) is 5.91 Å². The van der Waals surface area contributed by atoms with Gasteiger partial charge in [-0.2, -0.15) is 4.31 Å². The molecule has 1 fully saturated rings. The Morgan fingerprint density at radius 3 is 2.43 bits per heavy atom. The zero-order chi connectivity index (χ0) is 20.1. The first kappa shape index (κ1) is 20.5. The van der Waals surface area contributed by atoms with Crippen molar-refractivity contribution in [1.29, 1.82) is 0 Å². The molecule has 0 unspecified atom stereocenters. The van der Waals surface area contributed by atoms with E-state index in [9.17, 15) is 13.2 Å². The Bertz CT molecular complexity index is 933. The zero-order valence-corrected chi connectivity index (χ0v) is 17.1. The summed E-state index contributed by atoms with van der Waals surface area (Å²) in [6.45, 7) is 5.76. The van der Waals surface area contributed by atoms with E-state index in [0.717, 1.165) is 17.5 Å². The van der Waals surface area contributed by atoms with Crippen LogP contribution in [0.4, 0.5) is 0 Å². The Morgan fingerprint density at radius 1 is 1.07 bits per heavy atom. The molecule has 3 rings (SSSR count). The molecule has 1 aliphatic heterocycles. The number of sulfonamides is 1. The normalized spacial score (nSPS) is 15.4. The highest BCUT2D eigenvalue weighted by atomic mass is 32.2. The Balaban J connectivity index is 1.69. The second-order valence-corrected chi connectivity index (χ2v) is 8.92. The van der Waals surface area contributed by atoms with Crippen molar-refractivity contribution in [3.05, 3.63) is 64.7 Å². The maximum absolute atomic E-state index is 12.8. The largest absolute Gasteiger partial charge is 0.379 e. The Kier molecular flexibility index (Phi) is 6.49. The van der Waals surface area contributed by atoms with E-state index in [-0.39, 0.29) is 10.8 Å². The lowest BCUT2D eigenvalue weighted by Gasteiger charge is -2.26. The van der Waals surface area contributed by atoms with Crippen LogP contribution in [0.5, 0.6) is 0 Å². The predicted octanol–water partition coefficient (Wildman–Crippen LogP) is 2.30. The summed E-state index contributed by atoms with van der Waals surface area (Å²) < 4.78 is 32.3. The highest BCUT2D eigenvalue weighted by Crippen LogP contribution is 2.20. The van der Waals surface area contributed by atoms with Crippen molar-refractivity contribution < 1.29 is 17.9 Å². The van der Waals surface area contributed by atoms with Gasteiger partial charge in [-0.3, -0.25) is 4.79 Å². The lowest BCUT2D eigenvalue weighted by molar-refractivity contribution is 0.0730. The van der Waals surface area contributed by atoms with Crippen LogP contribution < -0.4 is 5.32 Å². The maximum atomic E-state index is 12.8. The molecular formula is C21H26N2O4S. The number of hydrogen-bond donors (Lipinski definition) is 1. The maximum Gasteiger partial charge on any atom is 0.251 e. The molecule has 0 spiro atoms. The Labute approximate surface area is 166 Å². The van der Waals surface area contributed by atoms with Crippen molar-refractivity contribution in [1.82, 2.24) is 9.62 Å². The van der Waals surface area contributed by atoms with E-state index < -0.39 is 10.0 Å². The average molecular weight is 403 g/mol. The third kappa shape index (κ3) is 4.79. The number of nitrogens with one attached hydrogen (secondary N) is 1. The highest BCUT2D eigenvalue weighted by Gasteiger charge is 2.27. The summed E-state index contributed by atoms with van der Waals surface area (Å²) in [4.78, 5) is 12.8. The van der Waals surface area contributed by atoms with Crippen molar-refractivity contribution in [3.63, 3.8) is 0 Å². The SMILES string of the molecule is Cc1ccc(CCNC(=O)c2cc(S(=O)(=O)N3CCOCC3)ccc2C)cc1. The predicted molar refractivity (Wildman–Crippen MR) is 108 cm³/mol. The molecular weight excluding hydrogens is 376 g/mol. The van der Waals surface area contributed by atoms with Crippen molar-refractivity contribution in [2.45, 2.75) is 25.2 Å². The van der Waals surface area contributed by atoms with Gasteiger partial charge >= 0.3 is 0 Å². The van der Waals surface area contributed by atoms with Crippen LogP contribution in [0.15, 0.2) is 47.4 Å². The summed E-state index contributed by atoms with van der Waals surface area (Å²) in [7, 11) is -3.63. The zero-order valence-electron chi connectivity index (χ0n) is 16.3. The summed E-state index contributed by atoms with van der Waals surface area (Å²) in [5.41, 5.74) is 3.47. The fraction of sp³-hybridized carbons (Fsp3) is 0.381. The van der Waals surface area contributed by atoms with Crippen molar-refractivity contribution in [3.8, 4) is 0 Å². The number of rotatable bonds is 6. The molecule has 6 nitrogen and oxygen atoms in total. The molecule has 0 bridgehead atoms. The minimum atomic E-state index is -3.63. The number of ether oxygens (including phenoxy) is 1. The van der Waals surface area contributed by atoms with Gasteiger partial charge in [-0.05, 0) is 43.5 Å². The Hall–Kier alpha value is -2.22. The van der Waals surface area contributed by atoms with Crippen LogP contribution in [0, 0.1) is 13.8 Å². The molecule has 0 radical (unpaired) electrons. The molecule has 1 N–H and O–H groups in total. The van der Waals surface area contributed by atoms with Crippen molar-refractivity contribution in [2.75, 3.05) is 32.8 Å². The number of benzene rings is 2. The van der Waals surface area contributed by atoms with Gasteiger partial charge in [0, 0.05) is 25.2 Å². The molecule has 1 saturated heterocycles. The van der Waals surface area contributed by atoms with Crippen LogP contribution >= 0.6 is 0 Å². The number of aryl methyl sites for hydroxylation is 2. The van der Waals surface area contributed by atoms with Crippen molar-refractivity contribution >= 4 is 15.9 Å². The average Bonchev–Trinajstić information content (AvgIpc) is 2.70. The van der Waals surface area contributed by atoms with Gasteiger partial charge in [-0.25, -0.2) is 8.42 Å². The summed E-state index contributed by atoms with van der Waals surface area (Å²) in [5, 5.41) is 2.89. The molecule has 28 heavy (non-hydrogen) atoms. The first-order valence-corrected chi connectivity index (χ1v) is 10.8. The summed E-state index contributed by atoms with van der Waals surface area (Å²) in [6, 6.07) is 12.9. The lowest BCUT2D eigenvalue weighted by atomic mass is 10.1. The van der Waals surface area contributed by atoms with Gasteiger partial charge in [0.05, 0.1) is 18.1 Å². The topological polar surface area (TPSA) is 75.7 Å². The quantitative estimate of drug-likeness (QED) is 0.804. The van der Waals surface area contributed by atoms with Crippen LogP contribution in [0.25, 0.3) is 0 Å². The van der Waals surface area contributed by atoms with Gasteiger partial charge < -0.3 is 10.1 Å². The molecule has 0 aromatic heterocycles. The van der Waals surface area contributed by atoms with Gasteiger partial charge in [0.2, 0.25) is 10.0 Å². The third-order valence-corrected chi connectivity index (χ3v) is 6.78. The molecule has 0 saturated carbocycles. The standard InChI is InChI=1S/C21H26N2O4S/c1-16-3-6-18(7-4-16)9-10-22-21(24)20-15-19(8-5-17(20)2)28(25,26)23-11-13-27-14-12-23/h3-8,15H,9-14H2,1-2H3,(H,22,24). The van der Waals surface area contributed by atoms with E-state index in [4.69, 9.17) is 4.74 Å². The van der Waals surface area contributed by atoms with Crippen LogP contribution in [-0.2, 0) is 21.2 Å². The smallest absolute Gasteiger partial charge is 0.251 e. The number of nitrogens with zero attached hydrogens (tertiary/aromatic N) is 1. The Morgan fingerprint density at radius 2 is 1.75 bits per heavy atom. The minimum Gasteiger partial charge on any atom is -0.379 e. The van der Waals surface area contributed by atoms with E-state index >= 15 is 0 Å². The monoisotopic (exact) mass is 402 g/mol. The molecule has 1 aliphatic rings. The fourth-order valence-electron chi connectivity index (χ4n) is 3.11. The minimum absolute atomic E-state index is 0.142. The van der Waals surface area contributed by atoms with Crippen molar-refractivity contribution in [2.24, 2.45) is 0 Å². The fourth-order valence-corrected chi connectivity index (χ4v) is 4.55. The molecule has 2 aromatic rings. The summed E-state index contributed by atoms with van der Waals surface area (Å²) >= 11 is 0. The highest BCUT2D eigenvalue weighted by molar-refractivity contribution is 7.89. The molecule has 2 aromatic carbocycles. The first-order chi connectivity index (χ1) is 13.4. The van der Waals surface area contributed by atoms with Crippen LogP contribution in [0.2, 0.25) is 0 Å². The van der Waals surface area contributed by atoms with E-state index in [1.807, 2.05) is 31.2 Å². The van der Waals surface area contributed by atoms with Crippen LogP contribution in [0.1, 0.15) is 27.0 Å². The molecule has 7 heteroatoms. The second-order valence-electron chi connectivity index (χ2n) is 6.98. The van der Waals surface area contributed by atoms with Crippen LogP contribution in [0.3, 0.4) is 0 Å². The number of hydrogen-bond acceptors (Lipinski definition) is 4. The van der Waals surface area contributed by atoms with E-state index in [0.29, 0.717) is 38.4 Å². The molecule has 150 valence electrons.